The van der Waals surface area contributed by atoms with Crippen molar-refractivity contribution in [2.75, 3.05) is 54.7 Å². The molecule has 0 bridgehead atoms. The monoisotopic (exact) mass is 419 g/mol. The van der Waals surface area contributed by atoms with Crippen LogP contribution >= 0.6 is 0 Å². The zero-order chi connectivity index (χ0) is 21.6. The SMILES string of the molecule is COCCOCCC(=O)OC1=CC2N(C)CCC2(c2ccc(OC)c(OC)c2)CC1. The number of rotatable bonds is 10. The quantitative estimate of drug-likeness (QED) is 0.427. The van der Waals surface area contributed by atoms with Crippen molar-refractivity contribution >= 4 is 5.97 Å². The Morgan fingerprint density at radius 1 is 1.10 bits per heavy atom. The molecule has 2 unspecified atom stereocenters. The molecule has 1 heterocycles. The summed E-state index contributed by atoms with van der Waals surface area (Å²) in [6.45, 7) is 2.33. The summed E-state index contributed by atoms with van der Waals surface area (Å²) in [6.07, 6.45) is 5.06. The maximum absolute atomic E-state index is 12.2. The van der Waals surface area contributed by atoms with Gasteiger partial charge in [-0.2, -0.15) is 0 Å². The smallest absolute Gasteiger partial charge is 0.313 e. The molecule has 7 heteroatoms. The third-order valence-electron chi connectivity index (χ3n) is 6.20. The van der Waals surface area contributed by atoms with Crippen molar-refractivity contribution in [2.24, 2.45) is 0 Å². The topological polar surface area (TPSA) is 66.5 Å². The Balaban J connectivity index is 1.71. The first-order valence-corrected chi connectivity index (χ1v) is 10.4. The number of nitrogens with zero attached hydrogens (tertiary/aromatic N) is 1. The third kappa shape index (κ3) is 4.79. The average Bonchev–Trinajstić information content (AvgIpc) is 3.10. The van der Waals surface area contributed by atoms with Crippen LogP contribution in [0.2, 0.25) is 0 Å². The molecule has 1 fully saturated rings. The molecule has 3 rings (SSSR count). The van der Waals surface area contributed by atoms with Gasteiger partial charge in [-0.25, -0.2) is 0 Å². The molecule has 0 N–H and O–H groups in total. The van der Waals surface area contributed by atoms with E-state index < -0.39 is 0 Å². The highest BCUT2D eigenvalue weighted by atomic mass is 16.5. The van der Waals surface area contributed by atoms with Crippen LogP contribution in [0.1, 0.15) is 31.2 Å². The van der Waals surface area contributed by atoms with Crippen LogP contribution in [0.15, 0.2) is 30.0 Å². The van der Waals surface area contributed by atoms with Gasteiger partial charge in [-0.15, -0.1) is 0 Å². The number of allylic oxidation sites excluding steroid dienone is 1. The van der Waals surface area contributed by atoms with Crippen LogP contribution in [0.25, 0.3) is 0 Å². The number of esters is 1. The van der Waals surface area contributed by atoms with Gasteiger partial charge in [-0.1, -0.05) is 6.07 Å². The number of hydrogen-bond donors (Lipinski definition) is 0. The molecule has 30 heavy (non-hydrogen) atoms. The molecule has 1 aromatic carbocycles. The number of benzene rings is 1. The number of hydrogen-bond acceptors (Lipinski definition) is 7. The Morgan fingerprint density at radius 3 is 2.63 bits per heavy atom. The number of fused-ring (bicyclic) bond motifs is 1. The Kier molecular flexibility index (Phi) is 7.75. The first-order chi connectivity index (χ1) is 14.5. The van der Waals surface area contributed by atoms with E-state index in [9.17, 15) is 4.79 Å². The Bertz CT molecular complexity index is 764. The molecule has 2 atom stereocenters. The van der Waals surface area contributed by atoms with Crippen molar-refractivity contribution in [1.29, 1.82) is 0 Å². The summed E-state index contributed by atoms with van der Waals surface area (Å²) in [5.41, 5.74) is 1.22. The number of methoxy groups -OCH3 is 3. The highest BCUT2D eigenvalue weighted by Crippen LogP contribution is 2.49. The van der Waals surface area contributed by atoms with Gasteiger partial charge in [0.25, 0.3) is 0 Å². The normalized spacial score (nSPS) is 23.6. The molecule has 0 amide bonds. The van der Waals surface area contributed by atoms with E-state index in [0.29, 0.717) is 19.8 Å². The van der Waals surface area contributed by atoms with Gasteiger partial charge in [-0.05, 0) is 50.2 Å². The molecule has 0 saturated carbocycles. The average molecular weight is 420 g/mol. The highest BCUT2D eigenvalue weighted by molar-refractivity contribution is 5.70. The minimum absolute atomic E-state index is 0.0204. The lowest BCUT2D eigenvalue weighted by Crippen LogP contribution is -2.42. The molecule has 1 saturated heterocycles. The zero-order valence-electron chi connectivity index (χ0n) is 18.4. The predicted molar refractivity (Wildman–Crippen MR) is 113 cm³/mol. The van der Waals surface area contributed by atoms with E-state index in [-0.39, 0.29) is 23.8 Å². The van der Waals surface area contributed by atoms with E-state index in [1.54, 1.807) is 21.3 Å². The summed E-state index contributed by atoms with van der Waals surface area (Å²) >= 11 is 0. The summed E-state index contributed by atoms with van der Waals surface area (Å²) in [7, 11) is 7.05. The lowest BCUT2D eigenvalue weighted by atomic mass is 9.68. The first-order valence-electron chi connectivity index (χ1n) is 10.4. The second-order valence-electron chi connectivity index (χ2n) is 7.86. The van der Waals surface area contributed by atoms with Crippen molar-refractivity contribution in [3.8, 4) is 11.5 Å². The van der Waals surface area contributed by atoms with Gasteiger partial charge < -0.3 is 23.7 Å². The third-order valence-corrected chi connectivity index (χ3v) is 6.20. The number of likely N-dealkylation sites (tertiary alicyclic amines) is 1. The van der Waals surface area contributed by atoms with E-state index in [1.807, 2.05) is 6.07 Å². The second-order valence-corrected chi connectivity index (χ2v) is 7.86. The van der Waals surface area contributed by atoms with Crippen LogP contribution in [0, 0.1) is 0 Å². The maximum atomic E-state index is 12.2. The predicted octanol–water partition coefficient (Wildman–Crippen LogP) is 2.92. The minimum Gasteiger partial charge on any atom is -0.493 e. The van der Waals surface area contributed by atoms with Crippen LogP contribution in [0.3, 0.4) is 0 Å². The Morgan fingerprint density at radius 2 is 1.90 bits per heavy atom. The van der Waals surface area contributed by atoms with Gasteiger partial charge in [-0.3, -0.25) is 9.69 Å². The molecule has 0 aromatic heterocycles. The fourth-order valence-electron chi connectivity index (χ4n) is 4.54. The summed E-state index contributed by atoms with van der Waals surface area (Å²) < 4.78 is 26.9. The summed E-state index contributed by atoms with van der Waals surface area (Å²) in [5.74, 6) is 1.98. The van der Waals surface area contributed by atoms with Crippen LogP contribution in [0.5, 0.6) is 11.5 Å². The standard InChI is InChI=1S/C23H33NO6/c1-24-11-10-23(17-5-6-19(27-3)20(15-17)28-4)9-7-18(16-21(23)24)30-22(25)8-12-29-14-13-26-2/h5-6,15-16,21H,7-14H2,1-4H3. The second kappa shape index (κ2) is 10.3. The fourth-order valence-corrected chi connectivity index (χ4v) is 4.54. The molecule has 1 aliphatic heterocycles. The Labute approximate surface area is 178 Å². The van der Waals surface area contributed by atoms with Crippen LogP contribution in [0.4, 0.5) is 0 Å². The molecule has 1 aromatic rings. The molecule has 7 nitrogen and oxygen atoms in total. The van der Waals surface area contributed by atoms with Crippen molar-refractivity contribution in [2.45, 2.75) is 37.1 Å². The van der Waals surface area contributed by atoms with Gasteiger partial charge in [0.15, 0.2) is 11.5 Å². The van der Waals surface area contributed by atoms with Gasteiger partial charge in [0.05, 0.1) is 40.5 Å². The van der Waals surface area contributed by atoms with Crippen molar-refractivity contribution in [3.05, 3.63) is 35.6 Å². The first kappa shape index (κ1) is 22.6. The lowest BCUT2D eigenvalue weighted by molar-refractivity contribution is -0.141. The van der Waals surface area contributed by atoms with E-state index in [2.05, 4.69) is 30.2 Å². The lowest BCUT2D eigenvalue weighted by Gasteiger charge is -2.40. The van der Waals surface area contributed by atoms with Crippen molar-refractivity contribution < 1.29 is 28.5 Å². The molecule has 2 aliphatic rings. The molecular formula is C23H33NO6. The molecular weight excluding hydrogens is 386 g/mol. The molecule has 1 aliphatic carbocycles. The maximum Gasteiger partial charge on any atom is 0.313 e. The number of likely N-dealkylation sites (N-methyl/N-ethyl adjacent to an activating group) is 1. The van der Waals surface area contributed by atoms with Gasteiger partial charge in [0.1, 0.15) is 5.76 Å². The largest absolute Gasteiger partial charge is 0.493 e. The van der Waals surface area contributed by atoms with E-state index in [4.69, 9.17) is 23.7 Å². The van der Waals surface area contributed by atoms with Gasteiger partial charge in [0, 0.05) is 25.0 Å². The van der Waals surface area contributed by atoms with Crippen LogP contribution in [-0.4, -0.2) is 71.7 Å². The van der Waals surface area contributed by atoms with Gasteiger partial charge in [0.2, 0.25) is 0 Å². The molecule has 166 valence electrons. The summed E-state index contributed by atoms with van der Waals surface area (Å²) in [4.78, 5) is 14.5. The molecule has 0 spiro atoms. The van der Waals surface area contributed by atoms with E-state index in [1.165, 1.54) is 5.56 Å². The molecule has 0 radical (unpaired) electrons. The zero-order valence-corrected chi connectivity index (χ0v) is 18.4. The van der Waals surface area contributed by atoms with Crippen molar-refractivity contribution in [1.82, 2.24) is 4.90 Å². The number of ether oxygens (including phenoxy) is 5. The Hall–Kier alpha value is -2.09. The van der Waals surface area contributed by atoms with Crippen molar-refractivity contribution in [3.63, 3.8) is 0 Å². The van der Waals surface area contributed by atoms with Gasteiger partial charge >= 0.3 is 5.97 Å². The van der Waals surface area contributed by atoms with E-state index in [0.717, 1.165) is 43.1 Å². The summed E-state index contributed by atoms with van der Waals surface area (Å²) in [5, 5.41) is 0. The number of carbonyl (C=O) groups is 1. The van der Waals surface area contributed by atoms with Crippen LogP contribution in [-0.2, 0) is 24.4 Å². The number of carbonyl (C=O) groups excluding carboxylic acids is 1. The fraction of sp³-hybridized carbons (Fsp3) is 0.609. The minimum atomic E-state index is -0.252. The summed E-state index contributed by atoms with van der Waals surface area (Å²) in [6, 6.07) is 6.37. The van der Waals surface area contributed by atoms with E-state index >= 15 is 0 Å². The van der Waals surface area contributed by atoms with Crippen LogP contribution < -0.4 is 9.47 Å². The highest BCUT2D eigenvalue weighted by Gasteiger charge is 2.48.